The molecule has 0 radical (unpaired) electrons. The first-order valence-corrected chi connectivity index (χ1v) is 14.7. The van der Waals surface area contributed by atoms with Crippen LogP contribution in [-0.2, 0) is 0 Å². The van der Waals surface area contributed by atoms with Gasteiger partial charge in [-0.3, -0.25) is 0 Å². The Hall–Kier alpha value is -4.08. The zero-order valence-electron chi connectivity index (χ0n) is 22.1. The maximum absolute atomic E-state index is 3.80. The molecule has 0 aliphatic rings. The lowest BCUT2D eigenvalue weighted by Gasteiger charge is -2.11. The molecule has 0 fully saturated rings. The van der Waals surface area contributed by atoms with E-state index in [0.717, 1.165) is 42.3 Å². The van der Waals surface area contributed by atoms with Gasteiger partial charge in [0.25, 0.3) is 0 Å². The van der Waals surface area contributed by atoms with Crippen molar-refractivity contribution in [2.24, 2.45) is 0 Å². The fourth-order valence-corrected chi connectivity index (χ4v) is 6.18. The van der Waals surface area contributed by atoms with Crippen LogP contribution < -0.4 is 0 Å². The zero-order chi connectivity index (χ0) is 27.6. The van der Waals surface area contributed by atoms with Crippen LogP contribution >= 0.6 is 31.9 Å². The van der Waals surface area contributed by atoms with E-state index in [9.17, 15) is 0 Å². The third-order valence-corrected chi connectivity index (χ3v) is 8.37. The summed E-state index contributed by atoms with van der Waals surface area (Å²) in [4.78, 5) is 0. The van der Waals surface area contributed by atoms with Crippen molar-refractivity contribution >= 4 is 53.4 Å². The van der Waals surface area contributed by atoms with Gasteiger partial charge in [-0.2, -0.15) is 0 Å². The van der Waals surface area contributed by atoms with Gasteiger partial charge in [-0.1, -0.05) is 116 Å². The lowest BCUT2D eigenvalue weighted by Crippen LogP contribution is -1.89. The number of aryl methyl sites for hydroxylation is 2. The van der Waals surface area contributed by atoms with E-state index in [0.29, 0.717) is 0 Å². The summed E-state index contributed by atoms with van der Waals surface area (Å²) < 4.78 is 2.10. The van der Waals surface area contributed by atoms with Gasteiger partial charge in [0.1, 0.15) is 0 Å². The van der Waals surface area contributed by atoms with E-state index < -0.39 is 0 Å². The fraction of sp³-hybridized carbons (Fsp3) is 0.0526. The molecular formula is C38H24Br2. The Morgan fingerprint density at radius 1 is 0.425 bits per heavy atom. The van der Waals surface area contributed by atoms with Crippen LogP contribution in [0.15, 0.2) is 118 Å². The monoisotopic (exact) mass is 638 g/mol. The molecule has 0 unspecified atom stereocenters. The van der Waals surface area contributed by atoms with Crippen LogP contribution in [0.5, 0.6) is 0 Å². The van der Waals surface area contributed by atoms with Crippen LogP contribution in [-0.4, -0.2) is 0 Å². The molecule has 0 N–H and O–H groups in total. The molecule has 0 heterocycles. The van der Waals surface area contributed by atoms with Crippen molar-refractivity contribution in [3.63, 3.8) is 0 Å². The second-order valence-electron chi connectivity index (χ2n) is 9.96. The maximum Gasteiger partial charge on any atom is 0.0337 e. The highest BCUT2D eigenvalue weighted by Gasteiger charge is 2.11. The predicted molar refractivity (Wildman–Crippen MR) is 177 cm³/mol. The Morgan fingerprint density at radius 3 is 1.20 bits per heavy atom. The number of fused-ring (bicyclic) bond motifs is 2. The Morgan fingerprint density at radius 2 is 0.800 bits per heavy atom. The molecule has 40 heavy (non-hydrogen) atoms. The zero-order valence-corrected chi connectivity index (χ0v) is 25.3. The second kappa shape index (κ2) is 11.2. The predicted octanol–water partition coefficient (Wildman–Crippen LogP) is 10.9. The molecule has 0 amide bonds. The minimum Gasteiger partial charge on any atom is -0.0616 e. The smallest absolute Gasteiger partial charge is 0.0337 e. The van der Waals surface area contributed by atoms with Crippen LogP contribution in [0.2, 0.25) is 0 Å². The molecule has 0 aliphatic carbocycles. The number of rotatable bonds is 2. The highest BCUT2D eigenvalue weighted by atomic mass is 79.9. The van der Waals surface area contributed by atoms with E-state index >= 15 is 0 Å². The molecule has 0 nitrogen and oxygen atoms in total. The highest BCUT2D eigenvalue weighted by molar-refractivity contribution is 9.11. The van der Waals surface area contributed by atoms with Crippen LogP contribution in [0.3, 0.4) is 0 Å². The Labute approximate surface area is 252 Å². The van der Waals surface area contributed by atoms with Crippen molar-refractivity contribution in [3.8, 4) is 45.9 Å². The summed E-state index contributed by atoms with van der Waals surface area (Å²) in [6.45, 7) is 4.19. The summed E-state index contributed by atoms with van der Waals surface area (Å²) in [5.41, 5.74) is 8.69. The van der Waals surface area contributed by atoms with Gasteiger partial charge in [0, 0.05) is 20.1 Å². The molecule has 0 atom stereocenters. The number of halogens is 2. The molecule has 0 spiro atoms. The molecule has 0 aromatic heterocycles. The standard InChI is InChI=1S/C38H24Br2/c1-25-15-17-33(35-21-27-9-3-5-11-29(27)23-37(35)39)31(19-25)13-7-8-14-32-20-26(2)16-18-34(32)36-22-28-10-4-6-12-30(28)24-38(36)40/h3-6,9-12,15-24H,1-2H3. The lowest BCUT2D eigenvalue weighted by molar-refractivity contribution is 1.45. The average Bonchev–Trinajstić information content (AvgIpc) is 2.95. The molecule has 190 valence electrons. The van der Waals surface area contributed by atoms with Gasteiger partial charge in [-0.05, 0) is 117 Å². The van der Waals surface area contributed by atoms with Crippen LogP contribution in [0.25, 0.3) is 43.8 Å². The van der Waals surface area contributed by atoms with E-state index in [1.807, 2.05) is 0 Å². The van der Waals surface area contributed by atoms with Crippen molar-refractivity contribution in [2.45, 2.75) is 13.8 Å². The minimum atomic E-state index is 0.965. The fourth-order valence-electron chi connectivity index (χ4n) is 5.03. The molecule has 2 heteroatoms. The molecule has 0 saturated carbocycles. The van der Waals surface area contributed by atoms with Gasteiger partial charge >= 0.3 is 0 Å². The topological polar surface area (TPSA) is 0 Å². The van der Waals surface area contributed by atoms with E-state index in [1.54, 1.807) is 0 Å². The molecule has 0 bridgehead atoms. The minimum absolute atomic E-state index is 0.965. The first-order valence-electron chi connectivity index (χ1n) is 13.1. The summed E-state index contributed by atoms with van der Waals surface area (Å²) in [5.74, 6) is 13.0. The first kappa shape index (κ1) is 26.2. The number of hydrogen-bond donors (Lipinski definition) is 0. The average molecular weight is 640 g/mol. The first-order chi connectivity index (χ1) is 19.5. The molecule has 6 rings (SSSR count). The van der Waals surface area contributed by atoms with Crippen LogP contribution in [0.1, 0.15) is 22.3 Å². The van der Waals surface area contributed by atoms with Crippen molar-refractivity contribution in [1.82, 2.24) is 0 Å². The summed E-state index contributed by atoms with van der Waals surface area (Å²) in [6, 6.07) is 38.4. The molecule has 6 aromatic rings. The van der Waals surface area contributed by atoms with Crippen LogP contribution in [0, 0.1) is 37.5 Å². The molecular weight excluding hydrogens is 616 g/mol. The van der Waals surface area contributed by atoms with Gasteiger partial charge in [-0.15, -0.1) is 0 Å². The normalized spacial score (nSPS) is 10.6. The molecule has 0 saturated heterocycles. The van der Waals surface area contributed by atoms with Crippen LogP contribution in [0.4, 0.5) is 0 Å². The van der Waals surface area contributed by atoms with E-state index in [1.165, 1.54) is 32.7 Å². The highest BCUT2D eigenvalue weighted by Crippen LogP contribution is 2.36. The van der Waals surface area contributed by atoms with Gasteiger partial charge in [0.05, 0.1) is 0 Å². The van der Waals surface area contributed by atoms with Gasteiger partial charge in [0.2, 0.25) is 0 Å². The van der Waals surface area contributed by atoms with Crippen molar-refractivity contribution in [3.05, 3.63) is 140 Å². The summed E-state index contributed by atoms with van der Waals surface area (Å²) in [6.07, 6.45) is 0. The largest absolute Gasteiger partial charge is 0.0616 e. The quantitative estimate of drug-likeness (QED) is 0.165. The van der Waals surface area contributed by atoms with E-state index in [4.69, 9.17) is 0 Å². The molecule has 0 aliphatic heterocycles. The summed E-state index contributed by atoms with van der Waals surface area (Å²) in [7, 11) is 0. The summed E-state index contributed by atoms with van der Waals surface area (Å²) >= 11 is 7.59. The van der Waals surface area contributed by atoms with E-state index in [2.05, 4.69) is 179 Å². The Balaban J connectivity index is 1.41. The Bertz CT molecular complexity index is 1910. The van der Waals surface area contributed by atoms with E-state index in [-0.39, 0.29) is 0 Å². The Kier molecular flexibility index (Phi) is 7.32. The lowest BCUT2D eigenvalue weighted by atomic mass is 9.95. The van der Waals surface area contributed by atoms with Gasteiger partial charge in [-0.25, -0.2) is 0 Å². The van der Waals surface area contributed by atoms with Gasteiger partial charge in [0.15, 0.2) is 0 Å². The number of hydrogen-bond acceptors (Lipinski definition) is 0. The number of benzene rings is 6. The SMILES string of the molecule is Cc1ccc(-c2cc3ccccc3cc2Br)c(C#CC#Cc2cc(C)ccc2-c2cc3ccccc3cc2Br)c1. The third-order valence-electron chi connectivity index (χ3n) is 7.06. The van der Waals surface area contributed by atoms with Crippen molar-refractivity contribution < 1.29 is 0 Å². The molecule has 6 aromatic carbocycles. The summed E-state index contributed by atoms with van der Waals surface area (Å²) in [5, 5.41) is 4.81. The van der Waals surface area contributed by atoms with Crippen molar-refractivity contribution in [2.75, 3.05) is 0 Å². The van der Waals surface area contributed by atoms with Crippen molar-refractivity contribution in [1.29, 1.82) is 0 Å². The maximum atomic E-state index is 3.80. The third kappa shape index (κ3) is 5.35. The van der Waals surface area contributed by atoms with Gasteiger partial charge < -0.3 is 0 Å². The second-order valence-corrected chi connectivity index (χ2v) is 11.7.